The summed E-state index contributed by atoms with van der Waals surface area (Å²) in [6, 6.07) is 0. The normalized spacial score (nSPS) is 11.4. The van der Waals surface area contributed by atoms with Crippen LogP contribution < -0.4 is 0 Å². The van der Waals surface area contributed by atoms with E-state index in [1.165, 1.54) is 7.11 Å². The molecule has 0 unspecified atom stereocenters. The molecule has 0 bridgehead atoms. The number of nitrogens with zero attached hydrogens (tertiary/aromatic N) is 1. The molecule has 4 nitrogen and oxygen atoms in total. The summed E-state index contributed by atoms with van der Waals surface area (Å²) in [7, 11) is 1.46. The van der Waals surface area contributed by atoms with Gasteiger partial charge < -0.3 is 4.74 Å². The molecule has 0 aromatic rings. The molecule has 54 valence electrons. The van der Waals surface area contributed by atoms with Crippen LogP contribution in [0.2, 0.25) is 0 Å². The molecule has 0 aromatic carbocycles. The Hall–Kier alpha value is -0.640. The summed E-state index contributed by atoms with van der Waals surface area (Å²) in [5, 5.41) is 9.90. The molecule has 0 radical (unpaired) electrons. The second-order valence-corrected chi connectivity index (χ2v) is 2.45. The van der Waals surface area contributed by atoms with Crippen LogP contribution in [-0.2, 0) is 4.74 Å². The van der Waals surface area contributed by atoms with Crippen molar-refractivity contribution in [2.24, 2.45) is 0 Å². The summed E-state index contributed by atoms with van der Waals surface area (Å²) in [5.41, 5.74) is -0.635. The minimum atomic E-state index is -0.635. The predicted octanol–water partition coefficient (Wildman–Crippen LogP) is 0.688. The predicted molar refractivity (Wildman–Crippen MR) is 32.9 cm³/mol. The Labute approximate surface area is 54.0 Å². The van der Waals surface area contributed by atoms with Crippen molar-refractivity contribution in [2.45, 2.75) is 19.4 Å². The average molecular weight is 133 g/mol. The molecule has 0 fully saturated rings. The van der Waals surface area contributed by atoms with Crippen molar-refractivity contribution >= 4 is 0 Å². The largest absolute Gasteiger partial charge is 0.372 e. The molecule has 0 heterocycles. The van der Waals surface area contributed by atoms with Crippen LogP contribution in [0, 0.1) is 10.1 Å². The lowest BCUT2D eigenvalue weighted by atomic mass is 10.1. The van der Waals surface area contributed by atoms with Gasteiger partial charge in [-0.25, -0.2) is 0 Å². The van der Waals surface area contributed by atoms with Gasteiger partial charge in [-0.2, -0.15) is 0 Å². The first-order chi connectivity index (χ1) is 3.98. The molecule has 0 saturated carbocycles. The molecule has 0 rings (SSSR count). The highest BCUT2D eigenvalue weighted by atomic mass is 16.6. The Morgan fingerprint density at radius 2 is 2.11 bits per heavy atom. The van der Waals surface area contributed by atoms with Gasteiger partial charge in [-0.1, -0.05) is 0 Å². The minimum absolute atomic E-state index is 0.149. The second-order valence-electron chi connectivity index (χ2n) is 2.45. The van der Waals surface area contributed by atoms with Crippen LogP contribution in [0.15, 0.2) is 0 Å². The molecule has 4 heteroatoms. The molecule has 0 aliphatic heterocycles. The fraction of sp³-hybridized carbons (Fsp3) is 1.00. The number of hydrogen-bond acceptors (Lipinski definition) is 3. The van der Waals surface area contributed by atoms with Crippen molar-refractivity contribution in [2.75, 3.05) is 13.7 Å². The summed E-state index contributed by atoms with van der Waals surface area (Å²) < 4.78 is 4.81. The molecule has 0 aliphatic carbocycles. The van der Waals surface area contributed by atoms with Crippen molar-refractivity contribution in [3.05, 3.63) is 10.1 Å². The van der Waals surface area contributed by atoms with Crippen LogP contribution in [0.5, 0.6) is 0 Å². The third-order valence-corrected chi connectivity index (χ3v) is 1.06. The Balaban J connectivity index is 3.71. The van der Waals surface area contributed by atoms with Gasteiger partial charge >= 0.3 is 0 Å². The number of hydrogen-bond donors (Lipinski definition) is 0. The fourth-order valence-electron chi connectivity index (χ4n) is 0.375. The van der Waals surface area contributed by atoms with Gasteiger partial charge in [-0.3, -0.25) is 10.1 Å². The topological polar surface area (TPSA) is 52.4 Å². The summed E-state index contributed by atoms with van der Waals surface area (Å²) >= 11 is 0. The molecule has 0 saturated heterocycles. The maximum Gasteiger partial charge on any atom is 0.231 e. The van der Waals surface area contributed by atoms with Crippen molar-refractivity contribution in [3.8, 4) is 0 Å². The standard InChI is InChI=1S/C5H11NO3/c1-5(2,9-3)4-6(7)8/h4H2,1-3H3. The Morgan fingerprint density at radius 3 is 2.22 bits per heavy atom. The van der Waals surface area contributed by atoms with E-state index < -0.39 is 5.60 Å². The zero-order chi connectivity index (χ0) is 7.49. The minimum Gasteiger partial charge on any atom is -0.372 e. The summed E-state index contributed by atoms with van der Waals surface area (Å²) in [6.45, 7) is 3.20. The highest BCUT2D eigenvalue weighted by molar-refractivity contribution is 4.64. The lowest BCUT2D eigenvalue weighted by Gasteiger charge is -2.16. The number of nitro groups is 1. The molecule has 0 aliphatic rings. The SMILES string of the molecule is COC(C)(C)C[N+](=O)[O-]. The van der Waals surface area contributed by atoms with E-state index in [4.69, 9.17) is 4.74 Å². The van der Waals surface area contributed by atoms with E-state index in [2.05, 4.69) is 0 Å². The van der Waals surface area contributed by atoms with Crippen molar-refractivity contribution in [3.63, 3.8) is 0 Å². The first-order valence-electron chi connectivity index (χ1n) is 2.65. The molecule has 0 spiro atoms. The van der Waals surface area contributed by atoms with E-state index in [0.717, 1.165) is 0 Å². The van der Waals surface area contributed by atoms with Gasteiger partial charge in [-0.05, 0) is 13.8 Å². The third-order valence-electron chi connectivity index (χ3n) is 1.06. The van der Waals surface area contributed by atoms with E-state index in [9.17, 15) is 10.1 Å². The molecular formula is C5H11NO3. The van der Waals surface area contributed by atoms with Gasteiger partial charge in [0.05, 0.1) is 0 Å². The van der Waals surface area contributed by atoms with E-state index in [0.29, 0.717) is 0 Å². The monoisotopic (exact) mass is 133 g/mol. The summed E-state index contributed by atoms with van der Waals surface area (Å²) in [4.78, 5) is 9.51. The molecular weight excluding hydrogens is 122 g/mol. The lowest BCUT2D eigenvalue weighted by molar-refractivity contribution is -0.499. The lowest BCUT2D eigenvalue weighted by Crippen LogP contribution is -2.31. The van der Waals surface area contributed by atoms with Crippen LogP contribution >= 0.6 is 0 Å². The van der Waals surface area contributed by atoms with Crippen LogP contribution in [0.1, 0.15) is 13.8 Å². The molecule has 9 heavy (non-hydrogen) atoms. The smallest absolute Gasteiger partial charge is 0.231 e. The van der Waals surface area contributed by atoms with Crippen LogP contribution in [-0.4, -0.2) is 24.2 Å². The Bertz CT molecular complexity index is 111. The third kappa shape index (κ3) is 3.90. The van der Waals surface area contributed by atoms with E-state index in [1.54, 1.807) is 13.8 Å². The quantitative estimate of drug-likeness (QED) is 0.420. The van der Waals surface area contributed by atoms with Crippen LogP contribution in [0.4, 0.5) is 0 Å². The van der Waals surface area contributed by atoms with E-state index >= 15 is 0 Å². The number of ether oxygens (including phenoxy) is 1. The van der Waals surface area contributed by atoms with Crippen molar-refractivity contribution in [1.29, 1.82) is 0 Å². The van der Waals surface area contributed by atoms with Gasteiger partial charge in [0.1, 0.15) is 5.60 Å². The first-order valence-corrected chi connectivity index (χ1v) is 2.65. The Morgan fingerprint density at radius 1 is 1.67 bits per heavy atom. The van der Waals surface area contributed by atoms with Gasteiger partial charge in [-0.15, -0.1) is 0 Å². The van der Waals surface area contributed by atoms with E-state index in [-0.39, 0.29) is 11.5 Å². The highest BCUT2D eigenvalue weighted by Gasteiger charge is 2.22. The van der Waals surface area contributed by atoms with E-state index in [1.807, 2.05) is 0 Å². The fourth-order valence-corrected chi connectivity index (χ4v) is 0.375. The van der Waals surface area contributed by atoms with Gasteiger partial charge in [0.15, 0.2) is 0 Å². The molecule has 0 amide bonds. The highest BCUT2D eigenvalue weighted by Crippen LogP contribution is 2.05. The number of methoxy groups -OCH3 is 1. The van der Waals surface area contributed by atoms with Crippen molar-refractivity contribution in [1.82, 2.24) is 0 Å². The van der Waals surface area contributed by atoms with Gasteiger partial charge in [0.2, 0.25) is 6.54 Å². The van der Waals surface area contributed by atoms with Gasteiger partial charge in [0.25, 0.3) is 0 Å². The maximum atomic E-state index is 9.90. The van der Waals surface area contributed by atoms with Crippen LogP contribution in [0.25, 0.3) is 0 Å². The molecule has 0 aromatic heterocycles. The Kier molecular flexibility index (Phi) is 2.58. The van der Waals surface area contributed by atoms with Gasteiger partial charge in [0, 0.05) is 12.0 Å². The summed E-state index contributed by atoms with van der Waals surface area (Å²) in [5.74, 6) is 0. The first kappa shape index (κ1) is 8.36. The van der Waals surface area contributed by atoms with Crippen LogP contribution in [0.3, 0.4) is 0 Å². The zero-order valence-electron chi connectivity index (χ0n) is 5.88. The second kappa shape index (κ2) is 2.77. The zero-order valence-corrected chi connectivity index (χ0v) is 5.88. The van der Waals surface area contributed by atoms with Crippen molar-refractivity contribution < 1.29 is 9.66 Å². The average Bonchev–Trinajstić information content (AvgIpc) is 1.63. The number of rotatable bonds is 3. The summed E-state index contributed by atoms with van der Waals surface area (Å²) in [6.07, 6.45) is 0. The maximum absolute atomic E-state index is 9.90. The molecule has 0 atom stereocenters. The molecule has 0 N–H and O–H groups in total.